The molecule has 1 aromatic carbocycles. The van der Waals surface area contributed by atoms with E-state index in [2.05, 4.69) is 6.92 Å². The maximum absolute atomic E-state index is 10.1. The number of methoxy groups -OCH3 is 3. The lowest BCUT2D eigenvalue weighted by Crippen LogP contribution is -2.00. The van der Waals surface area contributed by atoms with Gasteiger partial charge < -0.3 is 24.4 Å². The molecule has 0 unspecified atom stereocenters. The zero-order chi connectivity index (χ0) is 14.4. The molecule has 108 valence electrons. The molecule has 5 nitrogen and oxygen atoms in total. The van der Waals surface area contributed by atoms with Crippen LogP contribution in [0, 0.1) is 0 Å². The van der Waals surface area contributed by atoms with E-state index in [4.69, 9.17) is 14.2 Å². The summed E-state index contributed by atoms with van der Waals surface area (Å²) < 4.78 is 15.6. The Hall–Kier alpha value is -1.78. The van der Waals surface area contributed by atoms with Gasteiger partial charge in [-0.3, -0.25) is 0 Å². The average Bonchev–Trinajstić information content (AvgIpc) is 2.43. The fraction of sp³-hybridized carbons (Fsp3) is 0.571. The van der Waals surface area contributed by atoms with Gasteiger partial charge >= 0.3 is 0 Å². The van der Waals surface area contributed by atoms with Crippen molar-refractivity contribution >= 4 is 0 Å². The van der Waals surface area contributed by atoms with Gasteiger partial charge in [-0.1, -0.05) is 19.8 Å². The minimum Gasteiger partial charge on any atom is -0.504 e. The highest BCUT2D eigenvalue weighted by molar-refractivity contribution is 5.69. The van der Waals surface area contributed by atoms with Crippen LogP contribution in [0.4, 0.5) is 0 Å². The second kappa shape index (κ2) is 6.97. The van der Waals surface area contributed by atoms with E-state index in [1.54, 1.807) is 0 Å². The maximum atomic E-state index is 10.1. The van der Waals surface area contributed by atoms with Gasteiger partial charge in [0.05, 0.1) is 21.3 Å². The molecule has 0 aliphatic carbocycles. The van der Waals surface area contributed by atoms with Gasteiger partial charge in [0.25, 0.3) is 0 Å². The van der Waals surface area contributed by atoms with Crippen molar-refractivity contribution in [3.63, 3.8) is 0 Å². The molecule has 19 heavy (non-hydrogen) atoms. The molecule has 0 atom stereocenters. The lowest BCUT2D eigenvalue weighted by Gasteiger charge is -2.18. The van der Waals surface area contributed by atoms with Gasteiger partial charge in [-0.2, -0.15) is 0 Å². The Morgan fingerprint density at radius 2 is 1.37 bits per heavy atom. The summed E-state index contributed by atoms with van der Waals surface area (Å²) in [5, 5.41) is 20.0. The summed E-state index contributed by atoms with van der Waals surface area (Å²) >= 11 is 0. The van der Waals surface area contributed by atoms with Gasteiger partial charge in [0.2, 0.25) is 17.2 Å². The molecule has 1 rings (SSSR count). The smallest absolute Gasteiger partial charge is 0.211 e. The van der Waals surface area contributed by atoms with Crippen molar-refractivity contribution < 1.29 is 24.4 Å². The number of ether oxygens (including phenoxy) is 3. The Labute approximate surface area is 113 Å². The van der Waals surface area contributed by atoms with Crippen LogP contribution in [0.5, 0.6) is 28.7 Å². The lowest BCUT2D eigenvalue weighted by molar-refractivity contribution is 0.297. The molecule has 0 heterocycles. The van der Waals surface area contributed by atoms with Crippen LogP contribution < -0.4 is 14.2 Å². The van der Waals surface area contributed by atoms with E-state index < -0.39 is 0 Å². The van der Waals surface area contributed by atoms with Gasteiger partial charge in [0, 0.05) is 5.56 Å². The number of aromatic hydroxyl groups is 2. The first-order valence-electron chi connectivity index (χ1n) is 6.34. The molecule has 0 fully saturated rings. The summed E-state index contributed by atoms with van der Waals surface area (Å²) in [4.78, 5) is 0. The number of unbranched alkanes of at least 4 members (excludes halogenated alkanes) is 2. The van der Waals surface area contributed by atoms with E-state index in [0.29, 0.717) is 23.5 Å². The van der Waals surface area contributed by atoms with E-state index in [1.165, 1.54) is 21.3 Å². The van der Waals surface area contributed by atoms with Crippen LogP contribution in [0.3, 0.4) is 0 Å². The Balaban J connectivity index is 3.31. The molecule has 0 spiro atoms. The molecular weight excluding hydrogens is 248 g/mol. The lowest BCUT2D eigenvalue weighted by atomic mass is 10.0. The van der Waals surface area contributed by atoms with Crippen molar-refractivity contribution in [2.75, 3.05) is 21.3 Å². The molecule has 2 N–H and O–H groups in total. The number of phenolic OH excluding ortho intramolecular Hbond substituents is 2. The Morgan fingerprint density at radius 3 is 1.84 bits per heavy atom. The van der Waals surface area contributed by atoms with Crippen molar-refractivity contribution in [3.05, 3.63) is 5.56 Å². The van der Waals surface area contributed by atoms with Crippen LogP contribution in [0.1, 0.15) is 31.7 Å². The Bertz CT molecular complexity index is 429. The number of rotatable bonds is 7. The van der Waals surface area contributed by atoms with Gasteiger partial charge in [-0.05, 0) is 12.8 Å². The van der Waals surface area contributed by atoms with Crippen LogP contribution in [0.2, 0.25) is 0 Å². The van der Waals surface area contributed by atoms with E-state index in [1.807, 2.05) is 0 Å². The van der Waals surface area contributed by atoms with E-state index >= 15 is 0 Å². The quantitative estimate of drug-likeness (QED) is 0.589. The second-order valence-electron chi connectivity index (χ2n) is 4.23. The molecule has 0 saturated carbocycles. The van der Waals surface area contributed by atoms with Gasteiger partial charge in [-0.15, -0.1) is 0 Å². The highest BCUT2D eigenvalue weighted by atomic mass is 16.5. The first-order chi connectivity index (χ1) is 9.12. The van der Waals surface area contributed by atoms with E-state index in [-0.39, 0.29) is 17.2 Å². The zero-order valence-corrected chi connectivity index (χ0v) is 11.9. The van der Waals surface area contributed by atoms with E-state index in [9.17, 15) is 10.2 Å². The highest BCUT2D eigenvalue weighted by Gasteiger charge is 2.25. The molecule has 0 bridgehead atoms. The first kappa shape index (κ1) is 15.3. The fourth-order valence-electron chi connectivity index (χ4n) is 2.08. The number of benzene rings is 1. The minimum atomic E-state index is -0.313. The van der Waals surface area contributed by atoms with Gasteiger partial charge in [-0.25, -0.2) is 0 Å². The predicted octanol–water partition coefficient (Wildman–Crippen LogP) is 2.86. The Kier molecular flexibility index (Phi) is 5.60. The molecule has 0 aliphatic heterocycles. The number of hydrogen-bond donors (Lipinski definition) is 2. The third-order valence-corrected chi connectivity index (χ3v) is 3.05. The summed E-state index contributed by atoms with van der Waals surface area (Å²) in [7, 11) is 4.36. The highest BCUT2D eigenvalue weighted by Crippen LogP contribution is 2.52. The van der Waals surface area contributed by atoms with Crippen molar-refractivity contribution in [3.8, 4) is 28.7 Å². The largest absolute Gasteiger partial charge is 0.504 e. The first-order valence-corrected chi connectivity index (χ1v) is 6.34. The molecule has 0 aromatic heterocycles. The normalized spacial score (nSPS) is 10.3. The molecule has 0 saturated heterocycles. The summed E-state index contributed by atoms with van der Waals surface area (Å²) in [5.41, 5.74) is 0.547. The van der Waals surface area contributed by atoms with Crippen LogP contribution >= 0.6 is 0 Å². The minimum absolute atomic E-state index is 0.0797. The predicted molar refractivity (Wildman–Crippen MR) is 72.7 cm³/mol. The molecule has 1 aromatic rings. The monoisotopic (exact) mass is 270 g/mol. The summed E-state index contributed by atoms with van der Waals surface area (Å²) in [6.07, 6.45) is 3.62. The topological polar surface area (TPSA) is 68.2 Å². The second-order valence-corrected chi connectivity index (χ2v) is 4.23. The zero-order valence-electron chi connectivity index (χ0n) is 11.9. The summed E-state index contributed by atoms with van der Waals surface area (Å²) in [6.45, 7) is 2.10. The third-order valence-electron chi connectivity index (χ3n) is 3.05. The van der Waals surface area contributed by atoms with Crippen LogP contribution in [-0.4, -0.2) is 31.5 Å². The van der Waals surface area contributed by atoms with Crippen molar-refractivity contribution in [2.24, 2.45) is 0 Å². The van der Waals surface area contributed by atoms with Crippen molar-refractivity contribution in [2.45, 2.75) is 32.6 Å². The van der Waals surface area contributed by atoms with Crippen LogP contribution in [-0.2, 0) is 6.42 Å². The number of hydrogen-bond acceptors (Lipinski definition) is 5. The standard InChI is InChI=1S/C14H22O5/c1-5-6-7-8-9-10(15)11(16)13(18-3)14(19-4)12(9)17-2/h15-16H,5-8H2,1-4H3. The maximum Gasteiger partial charge on any atom is 0.211 e. The molecular formula is C14H22O5. The number of phenols is 2. The summed E-state index contributed by atoms with van der Waals surface area (Å²) in [5.74, 6) is 0.269. The van der Waals surface area contributed by atoms with Crippen molar-refractivity contribution in [1.29, 1.82) is 0 Å². The molecule has 5 heteroatoms. The van der Waals surface area contributed by atoms with Crippen LogP contribution in [0.25, 0.3) is 0 Å². The molecule has 0 amide bonds. The fourth-order valence-corrected chi connectivity index (χ4v) is 2.08. The molecule has 0 radical (unpaired) electrons. The summed E-state index contributed by atoms with van der Waals surface area (Å²) in [6, 6.07) is 0. The van der Waals surface area contributed by atoms with Crippen molar-refractivity contribution in [1.82, 2.24) is 0 Å². The third kappa shape index (κ3) is 2.97. The SMILES string of the molecule is CCCCCc1c(O)c(O)c(OC)c(OC)c1OC. The average molecular weight is 270 g/mol. The Morgan fingerprint density at radius 1 is 0.789 bits per heavy atom. The van der Waals surface area contributed by atoms with E-state index in [0.717, 1.165) is 19.3 Å². The molecule has 0 aliphatic rings. The van der Waals surface area contributed by atoms with Crippen LogP contribution in [0.15, 0.2) is 0 Å². The van der Waals surface area contributed by atoms with Gasteiger partial charge in [0.15, 0.2) is 11.5 Å². The van der Waals surface area contributed by atoms with Gasteiger partial charge in [0.1, 0.15) is 0 Å².